The molecule has 0 aliphatic rings. The van der Waals surface area contributed by atoms with Crippen molar-refractivity contribution >= 4 is 23.2 Å². The number of benzene rings is 1. The summed E-state index contributed by atoms with van der Waals surface area (Å²) in [6, 6.07) is 5.43. The Bertz CT molecular complexity index is 778. The van der Waals surface area contributed by atoms with E-state index < -0.39 is 0 Å². The monoisotopic (exact) mass is 328 g/mol. The number of carbonyl (C=O) groups is 2. The highest BCUT2D eigenvalue weighted by Crippen LogP contribution is 2.20. The van der Waals surface area contributed by atoms with Gasteiger partial charge in [0.15, 0.2) is 0 Å². The molecule has 24 heavy (non-hydrogen) atoms. The van der Waals surface area contributed by atoms with Crippen molar-refractivity contribution in [3.8, 4) is 0 Å². The molecular weight excluding hydrogens is 304 g/mol. The zero-order valence-corrected chi connectivity index (χ0v) is 14.9. The van der Waals surface area contributed by atoms with Gasteiger partial charge in [-0.05, 0) is 56.5 Å². The van der Waals surface area contributed by atoms with Gasteiger partial charge in [0.25, 0.3) is 0 Å². The maximum Gasteiger partial charge on any atom is 0.224 e. The summed E-state index contributed by atoms with van der Waals surface area (Å²) in [4.78, 5) is 23.3. The summed E-state index contributed by atoms with van der Waals surface area (Å²) in [5.74, 6) is -0.151. The molecule has 0 aliphatic carbocycles. The summed E-state index contributed by atoms with van der Waals surface area (Å²) in [6.07, 6.45) is 1.07. The van der Waals surface area contributed by atoms with Crippen molar-refractivity contribution in [2.24, 2.45) is 7.05 Å². The summed E-state index contributed by atoms with van der Waals surface area (Å²) < 4.78 is 1.84. The predicted molar refractivity (Wildman–Crippen MR) is 95.1 cm³/mol. The number of hydrogen-bond donors (Lipinski definition) is 2. The van der Waals surface area contributed by atoms with Crippen LogP contribution in [0.4, 0.5) is 11.4 Å². The van der Waals surface area contributed by atoms with Gasteiger partial charge in [0, 0.05) is 37.5 Å². The molecule has 0 atom stereocenters. The first-order valence-electron chi connectivity index (χ1n) is 7.95. The fraction of sp³-hybridized carbons (Fsp3) is 0.389. The highest BCUT2D eigenvalue weighted by atomic mass is 16.2. The molecule has 1 aromatic heterocycles. The van der Waals surface area contributed by atoms with Crippen LogP contribution >= 0.6 is 0 Å². The smallest absolute Gasteiger partial charge is 0.224 e. The van der Waals surface area contributed by atoms with Gasteiger partial charge in [-0.2, -0.15) is 5.10 Å². The molecule has 0 saturated carbocycles. The maximum atomic E-state index is 12.2. The number of carbonyl (C=O) groups excluding carboxylic acids is 2. The normalized spacial score (nSPS) is 10.5. The first-order chi connectivity index (χ1) is 11.3. The summed E-state index contributed by atoms with van der Waals surface area (Å²) in [7, 11) is 1.91. The molecule has 0 radical (unpaired) electrons. The van der Waals surface area contributed by atoms with Crippen LogP contribution in [0.15, 0.2) is 18.2 Å². The average molecular weight is 328 g/mol. The molecule has 2 N–H and O–H groups in total. The van der Waals surface area contributed by atoms with E-state index in [9.17, 15) is 9.59 Å². The Balaban J connectivity index is 1.97. The minimum absolute atomic E-state index is 0.0377. The largest absolute Gasteiger partial charge is 0.326 e. The van der Waals surface area contributed by atoms with Gasteiger partial charge in [-0.25, -0.2) is 0 Å². The Kier molecular flexibility index (Phi) is 5.39. The van der Waals surface area contributed by atoms with Crippen LogP contribution in [0.2, 0.25) is 0 Å². The summed E-state index contributed by atoms with van der Waals surface area (Å²) >= 11 is 0. The van der Waals surface area contributed by atoms with Gasteiger partial charge in [-0.1, -0.05) is 0 Å². The van der Waals surface area contributed by atoms with E-state index in [-0.39, 0.29) is 11.8 Å². The molecule has 1 aromatic carbocycles. The zero-order valence-electron chi connectivity index (χ0n) is 14.9. The Labute approximate surface area is 142 Å². The van der Waals surface area contributed by atoms with Gasteiger partial charge in [-0.3, -0.25) is 14.3 Å². The first-order valence-corrected chi connectivity index (χ1v) is 7.95. The number of amides is 2. The number of rotatable bonds is 5. The topological polar surface area (TPSA) is 76.0 Å². The van der Waals surface area contributed by atoms with Gasteiger partial charge < -0.3 is 10.6 Å². The fourth-order valence-electron chi connectivity index (χ4n) is 2.71. The third-order valence-electron chi connectivity index (χ3n) is 4.08. The quantitative estimate of drug-likeness (QED) is 0.886. The van der Waals surface area contributed by atoms with Crippen molar-refractivity contribution in [3.63, 3.8) is 0 Å². The van der Waals surface area contributed by atoms with E-state index >= 15 is 0 Å². The molecule has 128 valence electrons. The van der Waals surface area contributed by atoms with E-state index in [1.165, 1.54) is 6.92 Å². The van der Waals surface area contributed by atoms with Crippen molar-refractivity contribution in [3.05, 3.63) is 40.7 Å². The molecule has 0 spiro atoms. The summed E-state index contributed by atoms with van der Waals surface area (Å²) in [6.45, 7) is 7.34. The zero-order chi connectivity index (χ0) is 17.9. The van der Waals surface area contributed by atoms with Gasteiger partial charge in [0.05, 0.1) is 5.69 Å². The van der Waals surface area contributed by atoms with E-state index in [0.717, 1.165) is 33.9 Å². The number of nitrogens with zero attached hydrogens (tertiary/aromatic N) is 2. The lowest BCUT2D eigenvalue weighted by Crippen LogP contribution is -2.13. The van der Waals surface area contributed by atoms with E-state index in [2.05, 4.69) is 15.7 Å². The Morgan fingerprint density at radius 3 is 2.42 bits per heavy atom. The molecule has 6 nitrogen and oxygen atoms in total. The Morgan fingerprint density at radius 2 is 1.88 bits per heavy atom. The van der Waals surface area contributed by atoms with Crippen molar-refractivity contribution < 1.29 is 9.59 Å². The van der Waals surface area contributed by atoms with Crippen LogP contribution in [0.5, 0.6) is 0 Å². The molecule has 2 rings (SSSR count). The second-order valence-electron chi connectivity index (χ2n) is 6.03. The van der Waals surface area contributed by atoms with Gasteiger partial charge in [0.1, 0.15) is 0 Å². The van der Waals surface area contributed by atoms with Crippen LogP contribution in [0.1, 0.15) is 35.9 Å². The van der Waals surface area contributed by atoms with Crippen LogP contribution in [-0.4, -0.2) is 21.6 Å². The van der Waals surface area contributed by atoms with Crippen LogP contribution in [0.3, 0.4) is 0 Å². The molecule has 6 heteroatoms. The minimum Gasteiger partial charge on any atom is -0.326 e. The summed E-state index contributed by atoms with van der Waals surface area (Å²) in [5.41, 5.74) is 5.58. The molecule has 0 unspecified atom stereocenters. The molecular formula is C18H24N4O2. The van der Waals surface area contributed by atoms with Gasteiger partial charge in [0.2, 0.25) is 11.8 Å². The maximum absolute atomic E-state index is 12.2. The third kappa shape index (κ3) is 4.22. The van der Waals surface area contributed by atoms with E-state index in [1.807, 2.05) is 38.6 Å². The lowest BCUT2D eigenvalue weighted by atomic mass is 10.1. The van der Waals surface area contributed by atoms with Crippen molar-refractivity contribution in [1.29, 1.82) is 0 Å². The SMILES string of the molecule is CC(=O)Nc1ccc(NC(=O)CCc2c(C)nn(C)c2C)cc1C. The van der Waals surface area contributed by atoms with Crippen molar-refractivity contribution in [1.82, 2.24) is 9.78 Å². The number of anilines is 2. The van der Waals surface area contributed by atoms with Crippen molar-refractivity contribution in [2.75, 3.05) is 10.6 Å². The number of hydrogen-bond acceptors (Lipinski definition) is 3. The first kappa shape index (κ1) is 17.7. The average Bonchev–Trinajstić information content (AvgIpc) is 2.73. The standard InChI is InChI=1S/C18H24N4O2/c1-11-10-15(6-8-17(11)19-14(4)23)20-18(24)9-7-16-12(2)21-22(5)13(16)3/h6,8,10H,7,9H2,1-5H3,(H,19,23)(H,20,24). The molecule has 2 amide bonds. The van der Waals surface area contributed by atoms with Crippen LogP contribution in [0, 0.1) is 20.8 Å². The van der Waals surface area contributed by atoms with Gasteiger partial charge >= 0.3 is 0 Å². The van der Waals surface area contributed by atoms with Crippen LogP contribution in [0.25, 0.3) is 0 Å². The number of aryl methyl sites for hydroxylation is 3. The molecule has 0 aliphatic heterocycles. The van der Waals surface area contributed by atoms with E-state index in [0.29, 0.717) is 12.8 Å². The fourth-order valence-corrected chi connectivity index (χ4v) is 2.71. The highest BCUT2D eigenvalue weighted by molar-refractivity contribution is 5.93. The second-order valence-corrected chi connectivity index (χ2v) is 6.03. The second kappa shape index (κ2) is 7.29. The van der Waals surface area contributed by atoms with Crippen LogP contribution in [-0.2, 0) is 23.1 Å². The number of aromatic nitrogens is 2. The van der Waals surface area contributed by atoms with Crippen molar-refractivity contribution in [2.45, 2.75) is 40.5 Å². The molecule has 1 heterocycles. The lowest BCUT2D eigenvalue weighted by molar-refractivity contribution is -0.116. The van der Waals surface area contributed by atoms with E-state index in [4.69, 9.17) is 0 Å². The Hall–Kier alpha value is -2.63. The molecule has 0 saturated heterocycles. The highest BCUT2D eigenvalue weighted by Gasteiger charge is 2.12. The summed E-state index contributed by atoms with van der Waals surface area (Å²) in [5, 5.41) is 10.0. The minimum atomic E-state index is -0.114. The predicted octanol–water partition coefficient (Wildman–Crippen LogP) is 2.88. The third-order valence-corrected chi connectivity index (χ3v) is 4.08. The molecule has 0 bridgehead atoms. The Morgan fingerprint density at radius 1 is 1.17 bits per heavy atom. The molecule has 2 aromatic rings. The van der Waals surface area contributed by atoms with E-state index in [1.54, 1.807) is 12.1 Å². The molecule has 0 fully saturated rings. The van der Waals surface area contributed by atoms with Crippen LogP contribution < -0.4 is 10.6 Å². The number of nitrogens with one attached hydrogen (secondary N) is 2. The lowest BCUT2D eigenvalue weighted by Gasteiger charge is -2.10. The van der Waals surface area contributed by atoms with Gasteiger partial charge in [-0.15, -0.1) is 0 Å².